The fourth-order valence-electron chi connectivity index (χ4n) is 6.33. The second kappa shape index (κ2) is 21.7. The van der Waals surface area contributed by atoms with Gasteiger partial charge in [0.25, 0.3) is 0 Å². The standard InChI is InChI=1S/C39H48N12O7S/c40-39(41)43-13-6-11-28-36(56)51-30(16-24-18-44-27-10-5-4-9-26(24)27)35(55)46-21-34(54)59-14-12-32(52)45-20-33(53)48-31(17-25-19-42-22-47-25)38(58)50-29(37(57)49-28)15-23-7-2-1-3-8-23/h1-5,7-10,18-19,22,28-31,44H,6,11-17,20-21H2,(H,42,47)(H,45,52)(H,46,55)(H,48,53)(H,49,57)(H,50,58)(H,51,56)(H4,40,41,43)/t28-,29?,30-,31-/m0/s1. The van der Waals surface area contributed by atoms with Gasteiger partial charge in [-0.2, -0.15) is 0 Å². The van der Waals surface area contributed by atoms with Crippen LogP contribution in [0.2, 0.25) is 0 Å². The van der Waals surface area contributed by atoms with Crippen molar-refractivity contribution in [3.8, 4) is 0 Å². The number of hydrogen-bond donors (Lipinski definition) is 11. The van der Waals surface area contributed by atoms with Crippen LogP contribution < -0.4 is 43.0 Å². The number of benzene rings is 2. The first kappa shape index (κ1) is 43.4. The van der Waals surface area contributed by atoms with Crippen molar-refractivity contribution in [3.63, 3.8) is 0 Å². The number of para-hydroxylation sites is 1. The molecule has 0 saturated carbocycles. The zero-order chi connectivity index (χ0) is 42.1. The Morgan fingerprint density at radius 2 is 1.42 bits per heavy atom. The van der Waals surface area contributed by atoms with Gasteiger partial charge in [0, 0.05) is 61.3 Å². The maximum absolute atomic E-state index is 14.3. The average Bonchev–Trinajstić information content (AvgIpc) is 3.89. The number of guanidine groups is 1. The Hall–Kier alpha value is -6.70. The molecule has 4 aromatic rings. The minimum Gasteiger partial charge on any atom is -0.370 e. The summed E-state index contributed by atoms with van der Waals surface area (Å²) in [5, 5.41) is 26.5. The molecule has 4 atom stereocenters. The van der Waals surface area contributed by atoms with E-state index in [1.165, 1.54) is 6.33 Å². The normalized spacial score (nSPS) is 20.8. The number of imidazole rings is 1. The summed E-state index contributed by atoms with van der Waals surface area (Å²) >= 11 is 0.816. The predicted octanol–water partition coefficient (Wildman–Crippen LogP) is -0.983. The topological polar surface area (TPSA) is 298 Å². The molecular formula is C39H48N12O7S. The van der Waals surface area contributed by atoms with Crippen molar-refractivity contribution < 1.29 is 33.6 Å². The van der Waals surface area contributed by atoms with Gasteiger partial charge in [-0.05, 0) is 30.0 Å². The summed E-state index contributed by atoms with van der Waals surface area (Å²) < 4.78 is 0. The van der Waals surface area contributed by atoms with E-state index < -0.39 is 77.8 Å². The van der Waals surface area contributed by atoms with Crippen molar-refractivity contribution in [2.45, 2.75) is 62.7 Å². The van der Waals surface area contributed by atoms with Crippen molar-refractivity contribution in [1.82, 2.24) is 52.2 Å². The van der Waals surface area contributed by atoms with Crippen LogP contribution in [0.25, 0.3) is 10.9 Å². The molecule has 0 spiro atoms. The van der Waals surface area contributed by atoms with Gasteiger partial charge in [-0.3, -0.25) is 39.0 Å². The van der Waals surface area contributed by atoms with Crippen molar-refractivity contribution in [3.05, 3.63) is 90.1 Å². The molecule has 312 valence electrons. The Balaban J connectivity index is 1.46. The Morgan fingerprint density at radius 1 is 0.746 bits per heavy atom. The number of H-pyrrole nitrogens is 2. The molecule has 19 nitrogen and oxygen atoms in total. The number of fused-ring (bicyclic) bond motifs is 1. The zero-order valence-electron chi connectivity index (χ0n) is 32.1. The summed E-state index contributed by atoms with van der Waals surface area (Å²) in [5.74, 6) is -4.28. The number of hydrogen-bond acceptors (Lipinski definition) is 10. The lowest BCUT2D eigenvalue weighted by Gasteiger charge is -2.27. The number of nitrogens with two attached hydrogens (primary N) is 1. The van der Waals surface area contributed by atoms with E-state index in [2.05, 4.69) is 52.2 Å². The van der Waals surface area contributed by atoms with Crippen LogP contribution in [0.3, 0.4) is 0 Å². The maximum atomic E-state index is 14.3. The van der Waals surface area contributed by atoms with E-state index in [1.807, 2.05) is 24.3 Å². The summed E-state index contributed by atoms with van der Waals surface area (Å²) in [7, 11) is 0. The third-order valence-corrected chi connectivity index (χ3v) is 10.2. The number of nitrogens with zero attached hydrogens (tertiary/aromatic N) is 1. The number of rotatable bonds is 10. The van der Waals surface area contributed by atoms with Crippen molar-refractivity contribution in [2.75, 3.05) is 25.4 Å². The number of amides is 6. The van der Waals surface area contributed by atoms with Crippen LogP contribution in [-0.4, -0.2) is 111 Å². The molecule has 1 unspecified atom stereocenters. The summed E-state index contributed by atoms with van der Waals surface area (Å²) in [5.41, 5.74) is 8.10. The molecule has 1 aliphatic heterocycles. The zero-order valence-corrected chi connectivity index (χ0v) is 32.9. The highest BCUT2D eigenvalue weighted by Gasteiger charge is 2.32. The van der Waals surface area contributed by atoms with Crippen molar-refractivity contribution in [2.24, 2.45) is 5.73 Å². The third kappa shape index (κ3) is 13.7. The lowest BCUT2D eigenvalue weighted by atomic mass is 10.0. The smallest absolute Gasteiger partial charge is 0.243 e. The van der Waals surface area contributed by atoms with Gasteiger partial charge in [0.15, 0.2) is 5.96 Å². The lowest BCUT2D eigenvalue weighted by molar-refractivity contribution is -0.134. The van der Waals surface area contributed by atoms with Crippen LogP contribution >= 0.6 is 11.8 Å². The highest BCUT2D eigenvalue weighted by atomic mass is 32.2. The Kier molecular flexibility index (Phi) is 16.0. The van der Waals surface area contributed by atoms with Gasteiger partial charge in [-0.1, -0.05) is 60.3 Å². The number of carbonyl (C=O) groups excluding carboxylic acids is 7. The second-order valence-corrected chi connectivity index (χ2v) is 14.9. The SMILES string of the molecule is N=C(N)NCCC[C@@H]1NC(=O)C(Cc2ccccc2)NC(=O)[C@H](Cc2c[nH]cn2)NC(=O)CNC(=O)CCSC(=O)CNC(=O)[C@H](Cc2c[nH]c3ccccc23)NC1=O. The number of carbonyl (C=O) groups is 7. The molecule has 6 amide bonds. The highest BCUT2D eigenvalue weighted by Crippen LogP contribution is 2.19. The highest BCUT2D eigenvalue weighted by molar-refractivity contribution is 8.13. The molecule has 1 aliphatic rings. The van der Waals surface area contributed by atoms with E-state index in [1.54, 1.807) is 42.7 Å². The molecule has 59 heavy (non-hydrogen) atoms. The molecule has 1 fully saturated rings. The molecule has 1 saturated heterocycles. The lowest BCUT2D eigenvalue weighted by Crippen LogP contribution is -2.59. The van der Waals surface area contributed by atoms with Crippen LogP contribution in [0.15, 0.2) is 73.3 Å². The minimum atomic E-state index is -1.26. The van der Waals surface area contributed by atoms with Gasteiger partial charge in [0.05, 0.1) is 25.1 Å². The van der Waals surface area contributed by atoms with E-state index in [9.17, 15) is 33.6 Å². The van der Waals surface area contributed by atoms with E-state index in [4.69, 9.17) is 11.1 Å². The van der Waals surface area contributed by atoms with Gasteiger partial charge in [-0.25, -0.2) is 4.98 Å². The van der Waals surface area contributed by atoms with E-state index in [-0.39, 0.29) is 56.8 Å². The second-order valence-electron chi connectivity index (χ2n) is 13.8. The number of aromatic nitrogens is 3. The minimum absolute atomic E-state index is 0.00456. The number of aromatic amines is 2. The molecule has 2 aromatic carbocycles. The first-order valence-electron chi connectivity index (χ1n) is 19.0. The Bertz CT molecular complexity index is 2110. The van der Waals surface area contributed by atoms with Crippen LogP contribution in [0.1, 0.15) is 36.1 Å². The summed E-state index contributed by atoms with van der Waals surface area (Å²) in [4.78, 5) is 105. The number of nitrogens with one attached hydrogen (secondary N) is 10. The van der Waals surface area contributed by atoms with Crippen LogP contribution in [-0.2, 0) is 52.8 Å². The molecular weight excluding hydrogens is 781 g/mol. The predicted molar refractivity (Wildman–Crippen MR) is 219 cm³/mol. The summed E-state index contributed by atoms with van der Waals surface area (Å²) in [6, 6.07) is 11.3. The van der Waals surface area contributed by atoms with Crippen LogP contribution in [0.4, 0.5) is 0 Å². The fraction of sp³-hybridized carbons (Fsp3) is 0.359. The third-order valence-electron chi connectivity index (χ3n) is 9.33. The molecule has 5 rings (SSSR count). The van der Waals surface area contributed by atoms with Crippen LogP contribution in [0.5, 0.6) is 0 Å². The van der Waals surface area contributed by atoms with Gasteiger partial charge in [-0.15, -0.1) is 0 Å². The Morgan fingerprint density at radius 3 is 2.15 bits per heavy atom. The van der Waals surface area contributed by atoms with Crippen molar-refractivity contribution >= 4 is 69.2 Å². The number of thioether (sulfide) groups is 1. The average molecular weight is 829 g/mol. The van der Waals surface area contributed by atoms with Gasteiger partial charge < -0.3 is 52.9 Å². The molecule has 20 heteroatoms. The van der Waals surface area contributed by atoms with E-state index in [0.29, 0.717) is 16.8 Å². The van der Waals surface area contributed by atoms with Crippen molar-refractivity contribution in [1.29, 1.82) is 5.41 Å². The first-order valence-corrected chi connectivity index (χ1v) is 20.0. The molecule has 0 bridgehead atoms. The van der Waals surface area contributed by atoms with Gasteiger partial charge in [0.2, 0.25) is 40.6 Å². The first-order chi connectivity index (χ1) is 28.4. The molecule has 2 aromatic heterocycles. The van der Waals surface area contributed by atoms with Gasteiger partial charge in [0.1, 0.15) is 24.2 Å². The van der Waals surface area contributed by atoms with Gasteiger partial charge >= 0.3 is 0 Å². The molecule has 0 aliphatic carbocycles. The quantitative estimate of drug-likeness (QED) is 0.0525. The summed E-state index contributed by atoms with van der Waals surface area (Å²) in [6.45, 7) is -0.686. The largest absolute Gasteiger partial charge is 0.370 e. The summed E-state index contributed by atoms with van der Waals surface area (Å²) in [6.07, 6.45) is 4.80. The van der Waals surface area contributed by atoms with Crippen LogP contribution in [0, 0.1) is 5.41 Å². The fourth-order valence-corrected chi connectivity index (χ4v) is 7.02. The Labute approximate surface area is 343 Å². The van der Waals surface area contributed by atoms with E-state index in [0.717, 1.165) is 22.7 Å². The molecule has 3 heterocycles. The molecule has 12 N–H and O–H groups in total. The monoisotopic (exact) mass is 828 g/mol. The molecule has 0 radical (unpaired) electrons. The maximum Gasteiger partial charge on any atom is 0.243 e. The van der Waals surface area contributed by atoms with E-state index >= 15 is 0 Å².